The molecule has 1 aromatic rings. The van der Waals surface area contributed by atoms with Crippen molar-refractivity contribution in [2.75, 3.05) is 13.1 Å². The minimum absolute atomic E-state index is 0.0193. The standard InChI is InChI=1S/C14H16FN3O2/c15-13-10(2-1-6-16-13)14(20)18-7-5-11-9(8-18)3-4-12(19)17-11/h1-2,6,9,11H,3-5,7-8H2,(H,17,19). The highest BCUT2D eigenvalue weighted by Crippen LogP contribution is 2.26. The summed E-state index contributed by atoms with van der Waals surface area (Å²) in [6, 6.07) is 3.17. The van der Waals surface area contributed by atoms with Gasteiger partial charge in [0.2, 0.25) is 11.9 Å². The summed E-state index contributed by atoms with van der Waals surface area (Å²) in [5.41, 5.74) is 0.0193. The van der Waals surface area contributed by atoms with E-state index in [4.69, 9.17) is 0 Å². The second-order valence-corrected chi connectivity index (χ2v) is 5.35. The summed E-state index contributed by atoms with van der Waals surface area (Å²) in [4.78, 5) is 28.8. The zero-order valence-electron chi connectivity index (χ0n) is 11.0. The van der Waals surface area contributed by atoms with E-state index in [9.17, 15) is 14.0 Å². The third kappa shape index (κ3) is 2.37. The van der Waals surface area contributed by atoms with Crippen molar-refractivity contribution in [3.05, 3.63) is 29.8 Å². The first kappa shape index (κ1) is 13.0. The molecule has 0 aromatic carbocycles. The number of pyridine rings is 1. The van der Waals surface area contributed by atoms with Crippen LogP contribution in [0.2, 0.25) is 0 Å². The van der Waals surface area contributed by atoms with Gasteiger partial charge in [-0.05, 0) is 30.9 Å². The van der Waals surface area contributed by atoms with Crippen LogP contribution in [0.1, 0.15) is 29.6 Å². The van der Waals surface area contributed by atoms with Gasteiger partial charge < -0.3 is 10.2 Å². The molecule has 2 aliphatic rings. The number of nitrogens with zero attached hydrogens (tertiary/aromatic N) is 2. The van der Waals surface area contributed by atoms with Crippen LogP contribution < -0.4 is 5.32 Å². The maximum atomic E-state index is 13.6. The number of carbonyl (C=O) groups is 2. The van der Waals surface area contributed by atoms with Crippen molar-refractivity contribution in [3.8, 4) is 0 Å². The van der Waals surface area contributed by atoms with Gasteiger partial charge in [0.15, 0.2) is 0 Å². The Balaban J connectivity index is 1.72. The Kier molecular flexibility index (Phi) is 3.38. The molecule has 3 rings (SSSR count). The van der Waals surface area contributed by atoms with Crippen LogP contribution >= 0.6 is 0 Å². The van der Waals surface area contributed by atoms with Crippen molar-refractivity contribution in [3.63, 3.8) is 0 Å². The molecule has 0 spiro atoms. The maximum absolute atomic E-state index is 13.6. The number of rotatable bonds is 1. The Morgan fingerprint density at radius 2 is 2.30 bits per heavy atom. The SMILES string of the molecule is O=C1CCC2CN(C(=O)c3cccnc3F)CCC2N1. The van der Waals surface area contributed by atoms with Crippen LogP contribution in [0, 0.1) is 11.9 Å². The van der Waals surface area contributed by atoms with Crippen LogP contribution in [0.5, 0.6) is 0 Å². The fourth-order valence-electron chi connectivity index (χ4n) is 3.01. The molecule has 2 aliphatic heterocycles. The molecular formula is C14H16FN3O2. The molecule has 0 bridgehead atoms. The second kappa shape index (κ2) is 5.19. The van der Waals surface area contributed by atoms with Gasteiger partial charge in [-0.25, -0.2) is 4.98 Å². The van der Waals surface area contributed by atoms with Crippen LogP contribution in [-0.2, 0) is 4.79 Å². The highest BCUT2D eigenvalue weighted by atomic mass is 19.1. The van der Waals surface area contributed by atoms with Crippen molar-refractivity contribution in [1.82, 2.24) is 15.2 Å². The van der Waals surface area contributed by atoms with Crippen LogP contribution in [0.4, 0.5) is 4.39 Å². The number of piperidine rings is 2. The van der Waals surface area contributed by atoms with Gasteiger partial charge in [0.1, 0.15) is 0 Å². The van der Waals surface area contributed by atoms with Crippen LogP contribution in [-0.4, -0.2) is 40.8 Å². The molecule has 1 N–H and O–H groups in total. The number of fused-ring (bicyclic) bond motifs is 1. The molecule has 2 saturated heterocycles. The van der Waals surface area contributed by atoms with Gasteiger partial charge in [-0.3, -0.25) is 9.59 Å². The predicted molar refractivity (Wildman–Crippen MR) is 69.4 cm³/mol. The highest BCUT2D eigenvalue weighted by molar-refractivity contribution is 5.94. The summed E-state index contributed by atoms with van der Waals surface area (Å²) < 4.78 is 13.6. The summed E-state index contributed by atoms with van der Waals surface area (Å²) >= 11 is 0. The molecule has 3 heterocycles. The van der Waals surface area contributed by atoms with E-state index in [0.29, 0.717) is 19.5 Å². The molecule has 0 aliphatic carbocycles. The molecule has 5 nitrogen and oxygen atoms in total. The van der Waals surface area contributed by atoms with Crippen LogP contribution in [0.25, 0.3) is 0 Å². The van der Waals surface area contributed by atoms with Gasteiger partial charge in [0.05, 0.1) is 5.56 Å². The number of carbonyl (C=O) groups excluding carboxylic acids is 2. The van der Waals surface area contributed by atoms with E-state index in [0.717, 1.165) is 12.8 Å². The zero-order valence-corrected chi connectivity index (χ0v) is 11.0. The molecule has 1 aromatic heterocycles. The molecule has 2 atom stereocenters. The first-order valence-corrected chi connectivity index (χ1v) is 6.84. The molecule has 0 radical (unpaired) electrons. The molecule has 2 amide bonds. The fraction of sp³-hybridized carbons (Fsp3) is 0.500. The van der Waals surface area contributed by atoms with E-state index in [1.54, 1.807) is 11.0 Å². The van der Waals surface area contributed by atoms with Crippen LogP contribution in [0.15, 0.2) is 18.3 Å². The van der Waals surface area contributed by atoms with E-state index < -0.39 is 5.95 Å². The first-order chi connectivity index (χ1) is 9.65. The van der Waals surface area contributed by atoms with Gasteiger partial charge in [-0.2, -0.15) is 4.39 Å². The van der Waals surface area contributed by atoms with E-state index in [1.165, 1.54) is 12.3 Å². The number of halogens is 1. The number of aromatic nitrogens is 1. The highest BCUT2D eigenvalue weighted by Gasteiger charge is 2.35. The van der Waals surface area contributed by atoms with Gasteiger partial charge in [0.25, 0.3) is 5.91 Å². The number of hydrogen-bond donors (Lipinski definition) is 1. The van der Waals surface area contributed by atoms with E-state index in [2.05, 4.69) is 10.3 Å². The molecule has 0 saturated carbocycles. The Labute approximate surface area is 116 Å². The number of hydrogen-bond acceptors (Lipinski definition) is 3. The largest absolute Gasteiger partial charge is 0.353 e. The normalized spacial score (nSPS) is 25.9. The minimum Gasteiger partial charge on any atom is -0.353 e. The van der Waals surface area contributed by atoms with E-state index in [1.807, 2.05) is 0 Å². The lowest BCUT2D eigenvalue weighted by Gasteiger charge is -2.41. The lowest BCUT2D eigenvalue weighted by atomic mass is 9.85. The minimum atomic E-state index is -0.725. The second-order valence-electron chi connectivity index (χ2n) is 5.35. The molecule has 106 valence electrons. The summed E-state index contributed by atoms with van der Waals surface area (Å²) in [5.74, 6) is -0.683. The molecule has 6 heteroatoms. The smallest absolute Gasteiger partial charge is 0.258 e. The Bertz CT molecular complexity index is 549. The molecule has 2 unspecified atom stereocenters. The average molecular weight is 277 g/mol. The number of amides is 2. The van der Waals surface area contributed by atoms with Crippen molar-refractivity contribution in [2.24, 2.45) is 5.92 Å². The Hall–Kier alpha value is -1.98. The fourth-order valence-corrected chi connectivity index (χ4v) is 3.01. The van der Waals surface area contributed by atoms with Gasteiger partial charge >= 0.3 is 0 Å². The molecule has 2 fully saturated rings. The van der Waals surface area contributed by atoms with Crippen molar-refractivity contribution >= 4 is 11.8 Å². The number of likely N-dealkylation sites (tertiary alicyclic amines) is 1. The average Bonchev–Trinajstić information content (AvgIpc) is 2.46. The lowest BCUT2D eigenvalue weighted by molar-refractivity contribution is -0.125. The molecular weight excluding hydrogens is 261 g/mol. The van der Waals surface area contributed by atoms with Crippen molar-refractivity contribution < 1.29 is 14.0 Å². The van der Waals surface area contributed by atoms with E-state index in [-0.39, 0.29) is 29.3 Å². The zero-order chi connectivity index (χ0) is 14.1. The van der Waals surface area contributed by atoms with Gasteiger partial charge in [0, 0.05) is 31.7 Å². The van der Waals surface area contributed by atoms with Gasteiger partial charge in [-0.1, -0.05) is 0 Å². The van der Waals surface area contributed by atoms with Crippen molar-refractivity contribution in [2.45, 2.75) is 25.3 Å². The third-order valence-electron chi connectivity index (χ3n) is 4.10. The molecule has 20 heavy (non-hydrogen) atoms. The monoisotopic (exact) mass is 277 g/mol. The van der Waals surface area contributed by atoms with Crippen molar-refractivity contribution in [1.29, 1.82) is 0 Å². The predicted octanol–water partition coefficient (Wildman–Crippen LogP) is 0.961. The quantitative estimate of drug-likeness (QED) is 0.778. The topological polar surface area (TPSA) is 62.3 Å². The Morgan fingerprint density at radius 1 is 1.45 bits per heavy atom. The van der Waals surface area contributed by atoms with E-state index >= 15 is 0 Å². The lowest BCUT2D eigenvalue weighted by Crippen LogP contribution is -2.55. The maximum Gasteiger partial charge on any atom is 0.258 e. The Morgan fingerprint density at radius 3 is 3.10 bits per heavy atom. The summed E-state index contributed by atoms with van der Waals surface area (Å²) in [6.07, 6.45) is 3.35. The first-order valence-electron chi connectivity index (χ1n) is 6.84. The summed E-state index contributed by atoms with van der Waals surface area (Å²) in [7, 11) is 0. The summed E-state index contributed by atoms with van der Waals surface area (Å²) in [5, 5.41) is 2.97. The summed E-state index contributed by atoms with van der Waals surface area (Å²) in [6.45, 7) is 1.10. The third-order valence-corrected chi connectivity index (χ3v) is 4.10. The van der Waals surface area contributed by atoms with Gasteiger partial charge in [-0.15, -0.1) is 0 Å². The van der Waals surface area contributed by atoms with Crippen LogP contribution in [0.3, 0.4) is 0 Å². The number of nitrogens with one attached hydrogen (secondary N) is 1.